The van der Waals surface area contributed by atoms with Gasteiger partial charge in [-0.1, -0.05) is 0 Å². The van der Waals surface area contributed by atoms with Crippen LogP contribution in [0.1, 0.15) is 5.82 Å². The minimum absolute atomic E-state index is 0.0702. The maximum absolute atomic E-state index is 10.8. The van der Waals surface area contributed by atoms with Crippen molar-refractivity contribution in [2.45, 2.75) is 6.92 Å². The van der Waals surface area contributed by atoms with E-state index in [0.29, 0.717) is 11.5 Å². The summed E-state index contributed by atoms with van der Waals surface area (Å²) in [4.78, 5) is 24.1. The molecule has 92 valence electrons. The maximum atomic E-state index is 10.8. The van der Waals surface area contributed by atoms with E-state index < -0.39 is 9.85 Å². The molecule has 0 bridgehead atoms. The first-order valence-corrected chi connectivity index (χ1v) is 4.94. The number of non-ortho nitro benzene ring substituents is 1. The van der Waals surface area contributed by atoms with E-state index in [9.17, 15) is 20.2 Å². The smallest absolute Gasteiger partial charge is 0.348 e. The quantitative estimate of drug-likeness (QED) is 0.610. The summed E-state index contributed by atoms with van der Waals surface area (Å²) >= 11 is 0. The Balaban J connectivity index is 2.52. The van der Waals surface area contributed by atoms with Gasteiger partial charge in [-0.2, -0.15) is 4.57 Å². The Labute approximate surface area is 101 Å². The molecular formula is C10H8N4O4. The summed E-state index contributed by atoms with van der Waals surface area (Å²) in [5.74, 6) is 0.261. The fraction of sp³-hybridized carbons (Fsp3) is 0.100. The highest BCUT2D eigenvalue weighted by atomic mass is 16.6. The van der Waals surface area contributed by atoms with Gasteiger partial charge in [-0.3, -0.25) is 10.1 Å². The third-order valence-electron chi connectivity index (χ3n) is 2.43. The van der Waals surface area contributed by atoms with Crippen molar-refractivity contribution in [3.63, 3.8) is 0 Å². The first-order chi connectivity index (χ1) is 8.50. The van der Waals surface area contributed by atoms with E-state index in [-0.39, 0.29) is 11.5 Å². The van der Waals surface area contributed by atoms with Crippen molar-refractivity contribution in [3.8, 4) is 5.69 Å². The first kappa shape index (κ1) is 11.7. The minimum Gasteiger partial charge on any atom is -0.358 e. The van der Waals surface area contributed by atoms with Crippen molar-refractivity contribution in [3.05, 3.63) is 56.5 Å². The van der Waals surface area contributed by atoms with E-state index in [1.807, 2.05) is 0 Å². The Morgan fingerprint density at radius 3 is 2.22 bits per heavy atom. The lowest BCUT2D eigenvalue weighted by Gasteiger charge is -2.01. The van der Waals surface area contributed by atoms with Crippen LogP contribution in [0, 0.1) is 27.2 Å². The number of hydrogen-bond acceptors (Lipinski definition) is 5. The summed E-state index contributed by atoms with van der Waals surface area (Å²) in [6, 6.07) is 5.47. The van der Waals surface area contributed by atoms with Crippen LogP contribution in [0.2, 0.25) is 0 Å². The van der Waals surface area contributed by atoms with Crippen LogP contribution in [-0.2, 0) is 0 Å². The zero-order chi connectivity index (χ0) is 13.3. The monoisotopic (exact) mass is 248 g/mol. The van der Waals surface area contributed by atoms with Crippen LogP contribution in [0.15, 0.2) is 30.5 Å². The van der Waals surface area contributed by atoms with E-state index in [1.54, 1.807) is 6.92 Å². The molecule has 0 aliphatic rings. The number of nitro benzene ring substituents is 1. The number of benzene rings is 1. The van der Waals surface area contributed by atoms with Gasteiger partial charge in [0.25, 0.3) is 5.69 Å². The Morgan fingerprint density at radius 2 is 1.72 bits per heavy atom. The minimum atomic E-state index is -0.554. The average molecular weight is 248 g/mol. The van der Waals surface area contributed by atoms with Crippen molar-refractivity contribution >= 4 is 11.5 Å². The summed E-state index contributed by atoms with van der Waals surface area (Å²) < 4.78 is 1.32. The second kappa shape index (κ2) is 4.24. The second-order valence-corrected chi connectivity index (χ2v) is 3.53. The molecule has 1 aromatic heterocycles. The van der Waals surface area contributed by atoms with E-state index in [1.165, 1.54) is 28.8 Å². The van der Waals surface area contributed by atoms with Crippen molar-refractivity contribution in [1.29, 1.82) is 0 Å². The molecule has 0 aliphatic carbocycles. The predicted molar refractivity (Wildman–Crippen MR) is 61.6 cm³/mol. The average Bonchev–Trinajstić information content (AvgIpc) is 2.71. The normalized spacial score (nSPS) is 10.3. The van der Waals surface area contributed by atoms with Crippen LogP contribution < -0.4 is 0 Å². The zero-order valence-corrected chi connectivity index (χ0v) is 9.31. The molecule has 0 fully saturated rings. The molecule has 0 spiro atoms. The summed E-state index contributed by atoms with van der Waals surface area (Å²) in [5, 5.41) is 21.3. The topological polar surface area (TPSA) is 104 Å². The molecule has 0 saturated heterocycles. The van der Waals surface area contributed by atoms with Gasteiger partial charge in [0.2, 0.25) is 0 Å². The summed E-state index contributed by atoms with van der Waals surface area (Å²) in [7, 11) is 0. The van der Waals surface area contributed by atoms with E-state index in [2.05, 4.69) is 4.98 Å². The molecule has 18 heavy (non-hydrogen) atoms. The van der Waals surface area contributed by atoms with Gasteiger partial charge in [-0.15, -0.1) is 0 Å². The largest absolute Gasteiger partial charge is 0.358 e. The van der Waals surface area contributed by atoms with Crippen molar-refractivity contribution in [2.75, 3.05) is 0 Å². The van der Waals surface area contributed by atoms with E-state index >= 15 is 0 Å². The molecule has 1 heterocycles. The number of aryl methyl sites for hydroxylation is 1. The van der Waals surface area contributed by atoms with Gasteiger partial charge in [0.1, 0.15) is 11.9 Å². The van der Waals surface area contributed by atoms with Gasteiger partial charge < -0.3 is 10.1 Å². The van der Waals surface area contributed by atoms with Crippen LogP contribution in [-0.4, -0.2) is 19.4 Å². The third kappa shape index (κ3) is 1.90. The van der Waals surface area contributed by atoms with Crippen LogP contribution in [0.4, 0.5) is 11.5 Å². The van der Waals surface area contributed by atoms with Crippen LogP contribution in [0.5, 0.6) is 0 Å². The summed E-state index contributed by atoms with van der Waals surface area (Å²) in [6.07, 6.45) is 1.15. The Hall–Kier alpha value is -2.77. The second-order valence-electron chi connectivity index (χ2n) is 3.53. The Kier molecular flexibility index (Phi) is 2.76. The molecule has 2 aromatic rings. The molecule has 8 heteroatoms. The lowest BCUT2D eigenvalue weighted by Crippen LogP contribution is -2.02. The molecule has 0 aliphatic heterocycles. The predicted octanol–water partition coefficient (Wildman–Crippen LogP) is 2.00. The standard InChI is InChI=1S/C10H8N4O4/c1-7-11-6-10(14(17)18)12(7)8-2-4-9(5-3-8)13(15)16/h2-6H,1H3. The Bertz CT molecular complexity index is 617. The molecule has 8 nitrogen and oxygen atoms in total. The van der Waals surface area contributed by atoms with Gasteiger partial charge in [0, 0.05) is 19.1 Å². The lowest BCUT2D eigenvalue weighted by atomic mass is 10.3. The first-order valence-electron chi connectivity index (χ1n) is 4.94. The number of rotatable bonds is 3. The van der Waals surface area contributed by atoms with Crippen LogP contribution in [0.25, 0.3) is 5.69 Å². The molecule has 0 atom stereocenters. The number of nitro groups is 2. The van der Waals surface area contributed by atoms with Crippen LogP contribution in [0.3, 0.4) is 0 Å². The molecule has 2 rings (SSSR count). The fourth-order valence-electron chi connectivity index (χ4n) is 1.60. The number of aromatic nitrogens is 2. The molecule has 0 unspecified atom stereocenters. The summed E-state index contributed by atoms with van der Waals surface area (Å²) in [6.45, 7) is 1.62. The van der Waals surface area contributed by atoms with Crippen molar-refractivity contribution in [2.24, 2.45) is 0 Å². The molecule has 0 amide bonds. The molecular weight excluding hydrogens is 240 g/mol. The van der Waals surface area contributed by atoms with E-state index in [0.717, 1.165) is 6.20 Å². The number of nitrogens with zero attached hydrogens (tertiary/aromatic N) is 4. The van der Waals surface area contributed by atoms with Gasteiger partial charge in [-0.05, 0) is 17.1 Å². The SMILES string of the molecule is Cc1ncc([N+](=O)[O-])n1-c1ccc([N+](=O)[O-])cc1. The van der Waals surface area contributed by atoms with Gasteiger partial charge in [0.05, 0.1) is 4.92 Å². The fourth-order valence-corrected chi connectivity index (χ4v) is 1.60. The molecule has 0 radical (unpaired) electrons. The van der Waals surface area contributed by atoms with Crippen molar-refractivity contribution < 1.29 is 9.85 Å². The summed E-state index contributed by atoms with van der Waals surface area (Å²) in [5.41, 5.74) is 0.390. The maximum Gasteiger partial charge on any atom is 0.348 e. The Morgan fingerprint density at radius 1 is 1.11 bits per heavy atom. The van der Waals surface area contributed by atoms with Gasteiger partial charge in [0.15, 0.2) is 5.82 Å². The molecule has 0 N–H and O–H groups in total. The lowest BCUT2D eigenvalue weighted by molar-refractivity contribution is -0.391. The van der Waals surface area contributed by atoms with Gasteiger partial charge in [-0.25, -0.2) is 4.98 Å². The highest BCUT2D eigenvalue weighted by Gasteiger charge is 2.19. The van der Waals surface area contributed by atoms with Crippen molar-refractivity contribution in [1.82, 2.24) is 9.55 Å². The number of imidazole rings is 1. The molecule has 0 saturated carbocycles. The number of hydrogen-bond donors (Lipinski definition) is 0. The molecule has 1 aromatic carbocycles. The zero-order valence-electron chi connectivity index (χ0n) is 9.31. The van der Waals surface area contributed by atoms with E-state index in [4.69, 9.17) is 0 Å². The highest BCUT2D eigenvalue weighted by Crippen LogP contribution is 2.22. The van der Waals surface area contributed by atoms with Gasteiger partial charge >= 0.3 is 5.82 Å². The highest BCUT2D eigenvalue weighted by molar-refractivity contribution is 5.45. The third-order valence-corrected chi connectivity index (χ3v) is 2.43. The van der Waals surface area contributed by atoms with Crippen LogP contribution >= 0.6 is 0 Å².